The van der Waals surface area contributed by atoms with Crippen LogP contribution >= 0.6 is 0 Å². The van der Waals surface area contributed by atoms with Gasteiger partial charge in [0, 0.05) is 26.1 Å². The number of aryl methyl sites for hydroxylation is 1. The fourth-order valence-corrected chi connectivity index (χ4v) is 4.38. The zero-order valence-corrected chi connectivity index (χ0v) is 16.8. The van der Waals surface area contributed by atoms with Crippen LogP contribution in [0.2, 0.25) is 0 Å². The number of carbonyl (C=O) groups is 2. The van der Waals surface area contributed by atoms with Crippen molar-refractivity contribution < 1.29 is 14.3 Å². The molecule has 0 bridgehead atoms. The van der Waals surface area contributed by atoms with Crippen molar-refractivity contribution in [1.29, 1.82) is 0 Å². The van der Waals surface area contributed by atoms with Gasteiger partial charge in [0.05, 0.1) is 12.0 Å². The molecule has 3 N–H and O–H groups in total. The number of carbonyl (C=O) groups excluding carboxylic acids is 2. The van der Waals surface area contributed by atoms with Gasteiger partial charge < -0.3 is 20.7 Å². The highest BCUT2D eigenvalue weighted by molar-refractivity contribution is 5.83. The Morgan fingerprint density at radius 1 is 1.14 bits per heavy atom. The fraction of sp³-hybridized carbons (Fsp3) is 0.636. The molecule has 0 aliphatic carbocycles. The van der Waals surface area contributed by atoms with Crippen LogP contribution in [0.4, 0.5) is 0 Å². The van der Waals surface area contributed by atoms with E-state index in [9.17, 15) is 9.59 Å². The second-order valence-corrected chi connectivity index (χ2v) is 7.97. The van der Waals surface area contributed by atoms with Gasteiger partial charge in [0.2, 0.25) is 11.8 Å². The van der Waals surface area contributed by atoms with E-state index in [-0.39, 0.29) is 17.2 Å². The molecule has 1 spiro atoms. The SMILES string of the molecule is NCCC(=O)N1CCC2(CCCCCc3ccccc3OCCNC2=O)CC1. The molecule has 2 aliphatic heterocycles. The molecule has 1 saturated heterocycles. The maximum atomic E-state index is 13.1. The van der Waals surface area contributed by atoms with Gasteiger partial charge in [-0.3, -0.25) is 9.59 Å². The average molecular weight is 388 g/mol. The normalized spacial score (nSPS) is 20.8. The number of para-hydroxylation sites is 1. The molecule has 1 fully saturated rings. The predicted molar refractivity (Wildman–Crippen MR) is 109 cm³/mol. The molecule has 1 aromatic rings. The number of hydrogen-bond acceptors (Lipinski definition) is 4. The fourth-order valence-electron chi connectivity index (χ4n) is 4.38. The number of likely N-dealkylation sites (tertiary alicyclic amines) is 1. The Morgan fingerprint density at radius 2 is 1.93 bits per heavy atom. The number of hydrogen-bond donors (Lipinski definition) is 2. The number of nitrogens with one attached hydrogen (secondary N) is 1. The van der Waals surface area contributed by atoms with E-state index in [0.717, 1.165) is 50.7 Å². The molecule has 0 aromatic heterocycles. The third kappa shape index (κ3) is 5.04. The van der Waals surface area contributed by atoms with Gasteiger partial charge in [0.25, 0.3) is 0 Å². The second-order valence-electron chi connectivity index (χ2n) is 7.97. The Balaban J connectivity index is 1.63. The Labute approximate surface area is 167 Å². The van der Waals surface area contributed by atoms with Crippen LogP contribution in [-0.2, 0) is 16.0 Å². The summed E-state index contributed by atoms with van der Waals surface area (Å²) in [5, 5.41) is 3.09. The lowest BCUT2D eigenvalue weighted by atomic mass is 9.73. The van der Waals surface area contributed by atoms with E-state index in [1.807, 2.05) is 17.0 Å². The van der Waals surface area contributed by atoms with Gasteiger partial charge in [0.1, 0.15) is 12.4 Å². The van der Waals surface area contributed by atoms with Gasteiger partial charge in [-0.1, -0.05) is 31.0 Å². The largest absolute Gasteiger partial charge is 0.491 e. The van der Waals surface area contributed by atoms with Crippen LogP contribution < -0.4 is 15.8 Å². The summed E-state index contributed by atoms with van der Waals surface area (Å²) in [7, 11) is 0. The van der Waals surface area contributed by atoms with Gasteiger partial charge in [-0.05, 0) is 43.7 Å². The van der Waals surface area contributed by atoms with Crippen molar-refractivity contribution in [2.45, 2.75) is 51.4 Å². The van der Waals surface area contributed by atoms with Crippen LogP contribution in [0.5, 0.6) is 5.75 Å². The van der Waals surface area contributed by atoms with E-state index in [0.29, 0.717) is 39.2 Å². The number of nitrogens with two attached hydrogens (primary N) is 1. The molecule has 0 radical (unpaired) electrons. The molecule has 6 heteroatoms. The van der Waals surface area contributed by atoms with Crippen molar-refractivity contribution in [1.82, 2.24) is 10.2 Å². The molecule has 0 saturated carbocycles. The van der Waals surface area contributed by atoms with Crippen molar-refractivity contribution >= 4 is 11.8 Å². The second kappa shape index (κ2) is 9.92. The van der Waals surface area contributed by atoms with Crippen molar-refractivity contribution in [2.75, 3.05) is 32.8 Å². The number of rotatable bonds is 2. The van der Waals surface area contributed by atoms with Gasteiger partial charge in [-0.25, -0.2) is 0 Å². The Bertz CT molecular complexity index is 669. The number of amides is 2. The van der Waals surface area contributed by atoms with Gasteiger partial charge in [-0.2, -0.15) is 0 Å². The number of benzene rings is 1. The lowest BCUT2D eigenvalue weighted by Gasteiger charge is -2.41. The molecular formula is C22H33N3O3. The van der Waals surface area contributed by atoms with Crippen LogP contribution in [0.25, 0.3) is 0 Å². The van der Waals surface area contributed by atoms with Crippen molar-refractivity contribution in [3.05, 3.63) is 29.8 Å². The van der Waals surface area contributed by atoms with Crippen LogP contribution in [0.3, 0.4) is 0 Å². The average Bonchev–Trinajstić information content (AvgIpc) is 2.72. The van der Waals surface area contributed by atoms with E-state index in [4.69, 9.17) is 10.5 Å². The summed E-state index contributed by atoms with van der Waals surface area (Å²) in [5.74, 6) is 1.15. The molecule has 2 heterocycles. The third-order valence-corrected chi connectivity index (χ3v) is 6.13. The molecule has 28 heavy (non-hydrogen) atoms. The van der Waals surface area contributed by atoms with Gasteiger partial charge >= 0.3 is 0 Å². The summed E-state index contributed by atoms with van der Waals surface area (Å²) in [5.41, 5.74) is 6.40. The Morgan fingerprint density at radius 3 is 2.71 bits per heavy atom. The topological polar surface area (TPSA) is 84.7 Å². The lowest BCUT2D eigenvalue weighted by Crippen LogP contribution is -2.51. The summed E-state index contributed by atoms with van der Waals surface area (Å²) in [4.78, 5) is 27.1. The quantitative estimate of drug-likeness (QED) is 0.815. The zero-order chi connectivity index (χ0) is 19.8. The molecule has 2 aliphatic rings. The van der Waals surface area contributed by atoms with E-state index in [1.165, 1.54) is 5.56 Å². The maximum Gasteiger partial charge on any atom is 0.226 e. The zero-order valence-electron chi connectivity index (χ0n) is 16.8. The summed E-state index contributed by atoms with van der Waals surface area (Å²) < 4.78 is 5.92. The van der Waals surface area contributed by atoms with Gasteiger partial charge in [-0.15, -0.1) is 0 Å². The molecule has 6 nitrogen and oxygen atoms in total. The third-order valence-electron chi connectivity index (χ3n) is 6.13. The van der Waals surface area contributed by atoms with E-state index >= 15 is 0 Å². The first kappa shape index (κ1) is 20.6. The highest BCUT2D eigenvalue weighted by Crippen LogP contribution is 2.37. The van der Waals surface area contributed by atoms with Crippen molar-refractivity contribution in [3.8, 4) is 5.75 Å². The minimum Gasteiger partial charge on any atom is -0.491 e. The maximum absolute atomic E-state index is 13.1. The summed E-state index contributed by atoms with van der Waals surface area (Å²) in [6.07, 6.45) is 6.97. The number of ether oxygens (including phenoxy) is 1. The van der Waals surface area contributed by atoms with Crippen LogP contribution in [-0.4, -0.2) is 49.5 Å². The monoisotopic (exact) mass is 387 g/mol. The highest BCUT2D eigenvalue weighted by atomic mass is 16.5. The van der Waals surface area contributed by atoms with E-state index in [1.54, 1.807) is 0 Å². The molecule has 0 atom stereocenters. The van der Waals surface area contributed by atoms with Crippen LogP contribution in [0.1, 0.15) is 50.5 Å². The van der Waals surface area contributed by atoms with Crippen LogP contribution in [0, 0.1) is 5.41 Å². The minimum absolute atomic E-state index is 0.105. The molecule has 2 amide bonds. The molecule has 3 rings (SSSR count). The minimum atomic E-state index is -0.361. The molecule has 154 valence electrons. The Hall–Kier alpha value is -2.08. The lowest BCUT2D eigenvalue weighted by molar-refractivity contribution is -0.141. The first-order valence-electron chi connectivity index (χ1n) is 10.6. The first-order chi connectivity index (χ1) is 13.6. The van der Waals surface area contributed by atoms with Gasteiger partial charge in [0.15, 0.2) is 0 Å². The number of fused-ring (bicyclic) bond motifs is 1. The smallest absolute Gasteiger partial charge is 0.226 e. The summed E-state index contributed by atoms with van der Waals surface area (Å²) in [6, 6.07) is 8.18. The van der Waals surface area contributed by atoms with E-state index < -0.39 is 0 Å². The molecular weight excluding hydrogens is 354 g/mol. The van der Waals surface area contributed by atoms with E-state index in [2.05, 4.69) is 17.4 Å². The molecule has 0 unspecified atom stereocenters. The summed E-state index contributed by atoms with van der Waals surface area (Å²) in [6.45, 7) is 2.65. The Kier molecular flexibility index (Phi) is 7.31. The van der Waals surface area contributed by atoms with Crippen molar-refractivity contribution in [2.24, 2.45) is 11.1 Å². The predicted octanol–water partition coefficient (Wildman–Crippen LogP) is 2.26. The number of nitrogens with zero attached hydrogens (tertiary/aromatic N) is 1. The molecule has 1 aromatic carbocycles. The van der Waals surface area contributed by atoms with Crippen molar-refractivity contribution in [3.63, 3.8) is 0 Å². The van der Waals surface area contributed by atoms with Crippen LogP contribution in [0.15, 0.2) is 24.3 Å². The summed E-state index contributed by atoms with van der Waals surface area (Å²) >= 11 is 0. The standard InChI is InChI=1S/C22H33N3O3/c23-13-9-20(26)25-15-11-22(12-16-25)10-5-1-2-6-18-7-3-4-8-19(18)28-17-14-24-21(22)27/h3-4,7-8H,1-2,5-6,9-17,23H2,(H,24,27). The highest BCUT2D eigenvalue weighted by Gasteiger charge is 2.41. The number of piperidine rings is 1. The first-order valence-corrected chi connectivity index (χ1v) is 10.6.